The molecule has 0 bridgehead atoms. The van der Waals surface area contributed by atoms with E-state index in [9.17, 15) is 0 Å². The Balaban J connectivity index is 1.62. The van der Waals surface area contributed by atoms with Gasteiger partial charge in [0.1, 0.15) is 18.1 Å². The van der Waals surface area contributed by atoms with Gasteiger partial charge in [0.2, 0.25) is 0 Å². The lowest BCUT2D eigenvalue weighted by Crippen LogP contribution is -2.38. The van der Waals surface area contributed by atoms with Crippen LogP contribution in [-0.4, -0.2) is 39.4 Å². The van der Waals surface area contributed by atoms with Gasteiger partial charge in [-0.25, -0.2) is 0 Å². The molecule has 0 radical (unpaired) electrons. The summed E-state index contributed by atoms with van der Waals surface area (Å²) in [5, 5.41) is 0. The molecule has 1 unspecified atom stereocenters. The average molecular weight is 420 g/mol. The Morgan fingerprint density at radius 3 is 2.16 bits per heavy atom. The minimum atomic E-state index is 0.103. The Morgan fingerprint density at radius 1 is 0.806 bits per heavy atom. The molecule has 3 aromatic rings. The molecule has 0 N–H and O–H groups in total. The highest BCUT2D eigenvalue weighted by atomic mass is 16.5. The lowest BCUT2D eigenvalue weighted by Gasteiger charge is -2.37. The Bertz CT molecular complexity index is 988. The van der Waals surface area contributed by atoms with Crippen molar-refractivity contribution in [3.63, 3.8) is 0 Å². The molecule has 0 fully saturated rings. The van der Waals surface area contributed by atoms with Crippen LogP contribution in [0.15, 0.2) is 66.7 Å². The Kier molecular flexibility index (Phi) is 6.63. The van der Waals surface area contributed by atoms with Gasteiger partial charge in [0.15, 0.2) is 11.5 Å². The molecule has 1 heterocycles. The van der Waals surface area contributed by atoms with Gasteiger partial charge in [0.25, 0.3) is 0 Å². The van der Waals surface area contributed by atoms with Crippen LogP contribution in [0.25, 0.3) is 0 Å². The van der Waals surface area contributed by atoms with E-state index in [1.807, 2.05) is 24.3 Å². The van der Waals surface area contributed by atoms with Crippen molar-refractivity contribution in [2.24, 2.45) is 0 Å². The fraction of sp³-hybridized carbons (Fsp3) is 0.308. The van der Waals surface area contributed by atoms with Gasteiger partial charge in [0.05, 0.1) is 27.4 Å². The van der Waals surface area contributed by atoms with E-state index in [1.165, 1.54) is 16.7 Å². The van der Waals surface area contributed by atoms with E-state index in [0.717, 1.165) is 42.5 Å². The van der Waals surface area contributed by atoms with Crippen molar-refractivity contribution < 1.29 is 18.9 Å². The number of hydrogen-bond acceptors (Lipinski definition) is 5. The highest BCUT2D eigenvalue weighted by Crippen LogP contribution is 2.39. The molecule has 1 aliphatic heterocycles. The number of nitrogens with zero attached hydrogens (tertiary/aromatic N) is 1. The first-order chi connectivity index (χ1) is 15.2. The molecule has 4 rings (SSSR count). The summed E-state index contributed by atoms with van der Waals surface area (Å²) in [4.78, 5) is 2.48. The van der Waals surface area contributed by atoms with Crippen LogP contribution in [0.4, 0.5) is 0 Å². The smallest absolute Gasteiger partial charge is 0.161 e. The third-order valence-electron chi connectivity index (χ3n) is 5.81. The maximum atomic E-state index is 6.23. The zero-order valence-electron chi connectivity index (χ0n) is 18.3. The molecule has 162 valence electrons. The predicted octanol–water partition coefficient (Wildman–Crippen LogP) is 4.89. The molecule has 5 heteroatoms. The summed E-state index contributed by atoms with van der Waals surface area (Å²) in [6.45, 7) is 2.36. The maximum absolute atomic E-state index is 6.23. The number of benzene rings is 3. The summed E-state index contributed by atoms with van der Waals surface area (Å²) in [6.07, 6.45) is 0.960. The summed E-state index contributed by atoms with van der Waals surface area (Å²) >= 11 is 0. The van der Waals surface area contributed by atoms with Crippen molar-refractivity contribution in [3.05, 3.63) is 83.4 Å². The van der Waals surface area contributed by atoms with Crippen molar-refractivity contribution in [2.75, 3.05) is 34.5 Å². The largest absolute Gasteiger partial charge is 0.497 e. The fourth-order valence-electron chi connectivity index (χ4n) is 4.13. The van der Waals surface area contributed by atoms with Crippen molar-refractivity contribution in [2.45, 2.75) is 19.0 Å². The Hall–Kier alpha value is -3.18. The van der Waals surface area contributed by atoms with Gasteiger partial charge in [-0.05, 0) is 59.5 Å². The van der Waals surface area contributed by atoms with E-state index in [1.54, 1.807) is 21.3 Å². The lowest BCUT2D eigenvalue weighted by atomic mass is 9.91. The van der Waals surface area contributed by atoms with Gasteiger partial charge >= 0.3 is 0 Å². The number of rotatable bonds is 8. The van der Waals surface area contributed by atoms with Crippen LogP contribution in [0.2, 0.25) is 0 Å². The van der Waals surface area contributed by atoms with E-state index in [2.05, 4.69) is 47.4 Å². The van der Waals surface area contributed by atoms with Crippen molar-refractivity contribution >= 4 is 0 Å². The molecule has 0 saturated heterocycles. The van der Waals surface area contributed by atoms with Gasteiger partial charge in [-0.3, -0.25) is 4.90 Å². The van der Waals surface area contributed by atoms with Crippen LogP contribution in [0, 0.1) is 0 Å². The minimum absolute atomic E-state index is 0.103. The molecular weight excluding hydrogens is 390 g/mol. The van der Waals surface area contributed by atoms with Crippen LogP contribution in [0.3, 0.4) is 0 Å². The van der Waals surface area contributed by atoms with E-state index in [4.69, 9.17) is 18.9 Å². The monoisotopic (exact) mass is 419 g/mol. The first kappa shape index (κ1) is 21.1. The third-order valence-corrected chi connectivity index (χ3v) is 5.81. The Morgan fingerprint density at radius 2 is 1.48 bits per heavy atom. The highest BCUT2D eigenvalue weighted by Gasteiger charge is 2.30. The van der Waals surface area contributed by atoms with Crippen LogP contribution in [0.5, 0.6) is 23.0 Å². The average Bonchev–Trinajstić information content (AvgIpc) is 2.83. The lowest BCUT2D eigenvalue weighted by molar-refractivity contribution is 0.118. The second-order valence-electron chi connectivity index (χ2n) is 7.61. The standard InChI is InChI=1S/C26H29NO4/c1-28-21-9-11-22(12-10-21)31-18-24-23-16-26(30-3)25(29-2)15-20(23)13-14-27(24)17-19-7-5-4-6-8-19/h4-12,15-16,24H,13-14,17-18H2,1-3H3. The number of hydrogen-bond donors (Lipinski definition) is 0. The normalized spacial score (nSPS) is 15.8. The number of fused-ring (bicyclic) bond motifs is 1. The highest BCUT2D eigenvalue weighted by molar-refractivity contribution is 5.49. The molecule has 31 heavy (non-hydrogen) atoms. The summed E-state index contributed by atoms with van der Waals surface area (Å²) in [7, 11) is 5.02. The van der Waals surface area contributed by atoms with Crippen LogP contribution >= 0.6 is 0 Å². The molecule has 3 aromatic carbocycles. The first-order valence-electron chi connectivity index (χ1n) is 10.5. The van der Waals surface area contributed by atoms with Gasteiger partial charge in [-0.2, -0.15) is 0 Å². The molecule has 0 aliphatic carbocycles. The molecule has 0 aromatic heterocycles. The van der Waals surface area contributed by atoms with Gasteiger partial charge in [-0.1, -0.05) is 30.3 Å². The topological polar surface area (TPSA) is 40.2 Å². The molecule has 1 aliphatic rings. The molecular formula is C26H29NO4. The SMILES string of the molecule is COc1ccc(OCC2c3cc(OC)c(OC)cc3CCN2Cc2ccccc2)cc1. The summed E-state index contributed by atoms with van der Waals surface area (Å²) < 4.78 is 22.6. The molecule has 0 spiro atoms. The van der Waals surface area contributed by atoms with Gasteiger partial charge < -0.3 is 18.9 Å². The summed E-state index contributed by atoms with van der Waals surface area (Å²) in [5.74, 6) is 3.16. The Labute approximate surface area is 184 Å². The molecule has 1 atom stereocenters. The van der Waals surface area contributed by atoms with Crippen molar-refractivity contribution in [1.82, 2.24) is 4.90 Å². The third kappa shape index (κ3) is 4.78. The second-order valence-corrected chi connectivity index (χ2v) is 7.61. The quantitative estimate of drug-likeness (QED) is 0.520. The van der Waals surface area contributed by atoms with E-state index < -0.39 is 0 Å². The fourth-order valence-corrected chi connectivity index (χ4v) is 4.13. The van der Waals surface area contributed by atoms with Crippen molar-refractivity contribution in [1.29, 1.82) is 0 Å². The summed E-state index contributed by atoms with van der Waals surface area (Å²) in [5.41, 5.74) is 3.81. The van der Waals surface area contributed by atoms with Crippen LogP contribution < -0.4 is 18.9 Å². The van der Waals surface area contributed by atoms with Gasteiger partial charge in [-0.15, -0.1) is 0 Å². The zero-order chi connectivity index (χ0) is 21.6. The van der Waals surface area contributed by atoms with Crippen LogP contribution in [0.1, 0.15) is 22.7 Å². The molecule has 0 amide bonds. The van der Waals surface area contributed by atoms with Crippen molar-refractivity contribution in [3.8, 4) is 23.0 Å². The van der Waals surface area contributed by atoms with E-state index in [0.29, 0.717) is 6.61 Å². The molecule has 0 saturated carbocycles. The van der Waals surface area contributed by atoms with E-state index >= 15 is 0 Å². The van der Waals surface area contributed by atoms with Gasteiger partial charge in [0, 0.05) is 13.1 Å². The summed E-state index contributed by atoms with van der Waals surface area (Å²) in [6, 6.07) is 22.6. The predicted molar refractivity (Wildman–Crippen MR) is 121 cm³/mol. The minimum Gasteiger partial charge on any atom is -0.497 e. The first-order valence-corrected chi connectivity index (χ1v) is 10.5. The van der Waals surface area contributed by atoms with E-state index in [-0.39, 0.29) is 6.04 Å². The maximum Gasteiger partial charge on any atom is 0.161 e. The second kappa shape index (κ2) is 9.75. The van der Waals surface area contributed by atoms with Crippen LogP contribution in [-0.2, 0) is 13.0 Å². The number of methoxy groups -OCH3 is 3. The zero-order valence-corrected chi connectivity index (χ0v) is 18.3. The number of ether oxygens (including phenoxy) is 4. The molecule has 5 nitrogen and oxygen atoms in total.